The number of aromatic nitrogens is 2. The predicted molar refractivity (Wildman–Crippen MR) is 67.6 cm³/mol. The number of nitrogen functional groups attached to an aromatic ring is 1. The Morgan fingerprint density at radius 3 is 3.06 bits per heavy atom. The quantitative estimate of drug-likeness (QED) is 0.770. The lowest BCUT2D eigenvalue weighted by Gasteiger charge is -2.14. The van der Waals surface area contributed by atoms with Crippen molar-refractivity contribution >= 4 is 11.5 Å². The molecule has 0 saturated carbocycles. The lowest BCUT2D eigenvalue weighted by molar-refractivity contribution is 0.753. The minimum absolute atomic E-state index is 0.322. The molecule has 2 aromatic rings. The second-order valence-corrected chi connectivity index (χ2v) is 4.30. The fraction of sp³-hybridized carbons (Fsp3) is 0.231. The Labute approximate surface area is 99.9 Å². The van der Waals surface area contributed by atoms with Gasteiger partial charge in [0.2, 0.25) is 0 Å². The van der Waals surface area contributed by atoms with E-state index in [2.05, 4.69) is 27.6 Å². The number of rotatable bonds is 2. The first-order valence-electron chi connectivity index (χ1n) is 5.75. The van der Waals surface area contributed by atoms with Gasteiger partial charge in [-0.05, 0) is 48.2 Å². The second-order valence-electron chi connectivity index (χ2n) is 4.30. The van der Waals surface area contributed by atoms with Crippen LogP contribution >= 0.6 is 0 Å². The van der Waals surface area contributed by atoms with Gasteiger partial charge in [0.05, 0.1) is 6.04 Å². The lowest BCUT2D eigenvalue weighted by Crippen LogP contribution is -2.08. The molecular weight excluding hydrogens is 212 g/mol. The van der Waals surface area contributed by atoms with Gasteiger partial charge in [0.25, 0.3) is 0 Å². The number of nitrogens with zero attached hydrogens (tertiary/aromatic N) is 2. The van der Waals surface area contributed by atoms with Crippen LogP contribution in [0, 0.1) is 0 Å². The first-order valence-corrected chi connectivity index (χ1v) is 5.75. The largest absolute Gasteiger partial charge is 0.399 e. The van der Waals surface area contributed by atoms with E-state index in [1.807, 2.05) is 18.2 Å². The molecule has 1 aliphatic rings. The minimum Gasteiger partial charge on any atom is -0.399 e. The van der Waals surface area contributed by atoms with Gasteiger partial charge in [-0.1, -0.05) is 6.07 Å². The summed E-state index contributed by atoms with van der Waals surface area (Å²) in [5.74, 6) is 0.821. The molecule has 1 atom stereocenters. The minimum atomic E-state index is 0.322. The van der Waals surface area contributed by atoms with E-state index in [1.54, 1.807) is 6.20 Å². The zero-order chi connectivity index (χ0) is 11.7. The number of aryl methyl sites for hydroxylation is 1. The Hall–Kier alpha value is -2.10. The molecule has 1 heterocycles. The van der Waals surface area contributed by atoms with E-state index in [0.29, 0.717) is 6.04 Å². The molecule has 3 rings (SSSR count). The van der Waals surface area contributed by atoms with Crippen LogP contribution in [-0.2, 0) is 6.42 Å². The predicted octanol–water partition coefficient (Wildman–Crippen LogP) is 2.16. The van der Waals surface area contributed by atoms with Crippen molar-refractivity contribution in [2.24, 2.45) is 0 Å². The number of nitrogens with two attached hydrogens (primary N) is 1. The maximum atomic E-state index is 5.79. The molecule has 3 N–H and O–H groups in total. The van der Waals surface area contributed by atoms with Crippen LogP contribution in [0.25, 0.3) is 0 Å². The first-order chi connectivity index (χ1) is 8.33. The van der Waals surface area contributed by atoms with Crippen molar-refractivity contribution in [1.29, 1.82) is 0 Å². The van der Waals surface area contributed by atoms with Gasteiger partial charge >= 0.3 is 0 Å². The van der Waals surface area contributed by atoms with Crippen molar-refractivity contribution in [2.45, 2.75) is 18.9 Å². The van der Waals surface area contributed by atoms with Gasteiger partial charge in [-0.3, -0.25) is 0 Å². The highest BCUT2D eigenvalue weighted by Gasteiger charge is 2.22. The van der Waals surface area contributed by atoms with Crippen LogP contribution in [0.3, 0.4) is 0 Å². The molecule has 0 spiro atoms. The molecule has 1 aliphatic carbocycles. The Bertz CT molecular complexity index is 524. The van der Waals surface area contributed by atoms with Crippen LogP contribution in [0.2, 0.25) is 0 Å². The average molecular weight is 226 g/mol. The molecule has 0 radical (unpaired) electrons. The third kappa shape index (κ3) is 1.93. The van der Waals surface area contributed by atoms with Crippen molar-refractivity contribution in [1.82, 2.24) is 10.2 Å². The number of anilines is 2. The van der Waals surface area contributed by atoms with E-state index in [-0.39, 0.29) is 0 Å². The van der Waals surface area contributed by atoms with Crippen LogP contribution in [0.1, 0.15) is 23.6 Å². The number of hydrogen-bond donors (Lipinski definition) is 2. The van der Waals surface area contributed by atoms with Gasteiger partial charge in [0.15, 0.2) is 0 Å². The molecule has 0 bridgehead atoms. The Balaban J connectivity index is 1.85. The normalized spacial score (nSPS) is 17.8. The smallest absolute Gasteiger partial charge is 0.149 e. The molecular formula is C13H14N4. The highest BCUT2D eigenvalue weighted by Crippen LogP contribution is 2.34. The fourth-order valence-electron chi connectivity index (χ4n) is 2.34. The van der Waals surface area contributed by atoms with Crippen LogP contribution in [0.5, 0.6) is 0 Å². The summed E-state index contributed by atoms with van der Waals surface area (Å²) in [6, 6.07) is 10.3. The standard InChI is InChI=1S/C13H14N4/c14-10-4-5-11-9(8-10)3-6-12(11)16-13-2-1-7-15-17-13/h1-2,4-5,7-8,12H,3,6,14H2,(H,16,17). The monoisotopic (exact) mass is 226 g/mol. The van der Waals surface area contributed by atoms with E-state index in [4.69, 9.17) is 5.73 Å². The average Bonchev–Trinajstić information content (AvgIpc) is 2.73. The summed E-state index contributed by atoms with van der Waals surface area (Å²) in [6.07, 6.45) is 3.82. The third-order valence-corrected chi connectivity index (χ3v) is 3.14. The van der Waals surface area contributed by atoms with Crippen molar-refractivity contribution in [3.8, 4) is 0 Å². The maximum absolute atomic E-state index is 5.79. The highest BCUT2D eigenvalue weighted by atomic mass is 15.2. The van der Waals surface area contributed by atoms with Crippen molar-refractivity contribution in [3.63, 3.8) is 0 Å². The van der Waals surface area contributed by atoms with E-state index >= 15 is 0 Å². The summed E-state index contributed by atoms with van der Waals surface area (Å²) >= 11 is 0. The lowest BCUT2D eigenvalue weighted by atomic mass is 10.1. The second kappa shape index (κ2) is 4.05. The van der Waals surface area contributed by atoms with Crippen molar-refractivity contribution < 1.29 is 0 Å². The van der Waals surface area contributed by atoms with Crippen LogP contribution < -0.4 is 11.1 Å². The Morgan fingerprint density at radius 2 is 2.24 bits per heavy atom. The molecule has 0 amide bonds. The van der Waals surface area contributed by atoms with Gasteiger partial charge in [0, 0.05) is 11.9 Å². The SMILES string of the molecule is Nc1ccc2c(c1)CCC2Nc1cccnn1. The highest BCUT2D eigenvalue weighted by molar-refractivity contribution is 5.50. The van der Waals surface area contributed by atoms with Crippen LogP contribution in [-0.4, -0.2) is 10.2 Å². The van der Waals surface area contributed by atoms with E-state index in [9.17, 15) is 0 Å². The molecule has 1 unspecified atom stereocenters. The summed E-state index contributed by atoms with van der Waals surface area (Å²) < 4.78 is 0. The molecule has 0 aliphatic heterocycles. The molecule has 4 nitrogen and oxygen atoms in total. The molecule has 1 aromatic carbocycles. The maximum Gasteiger partial charge on any atom is 0.149 e. The van der Waals surface area contributed by atoms with E-state index in [0.717, 1.165) is 24.3 Å². The van der Waals surface area contributed by atoms with Crippen LogP contribution in [0.4, 0.5) is 11.5 Å². The Morgan fingerprint density at radius 1 is 1.29 bits per heavy atom. The number of fused-ring (bicyclic) bond motifs is 1. The molecule has 1 aromatic heterocycles. The summed E-state index contributed by atoms with van der Waals surface area (Å²) in [5.41, 5.74) is 9.29. The number of benzene rings is 1. The zero-order valence-electron chi connectivity index (χ0n) is 9.43. The molecule has 86 valence electrons. The van der Waals surface area contributed by atoms with E-state index in [1.165, 1.54) is 11.1 Å². The first kappa shape index (κ1) is 10.1. The number of nitrogens with one attached hydrogen (secondary N) is 1. The molecule has 4 heteroatoms. The molecule has 0 saturated heterocycles. The third-order valence-electron chi connectivity index (χ3n) is 3.14. The summed E-state index contributed by atoms with van der Waals surface area (Å²) in [7, 11) is 0. The summed E-state index contributed by atoms with van der Waals surface area (Å²) in [5, 5.41) is 11.3. The van der Waals surface area contributed by atoms with Gasteiger partial charge in [0.1, 0.15) is 5.82 Å². The Kier molecular flexibility index (Phi) is 2.40. The van der Waals surface area contributed by atoms with Crippen LogP contribution in [0.15, 0.2) is 36.5 Å². The van der Waals surface area contributed by atoms with Gasteiger partial charge < -0.3 is 11.1 Å². The van der Waals surface area contributed by atoms with Crippen molar-refractivity contribution in [3.05, 3.63) is 47.7 Å². The van der Waals surface area contributed by atoms with Gasteiger partial charge in [-0.2, -0.15) is 5.10 Å². The molecule has 17 heavy (non-hydrogen) atoms. The summed E-state index contributed by atoms with van der Waals surface area (Å²) in [4.78, 5) is 0. The van der Waals surface area contributed by atoms with Gasteiger partial charge in [-0.15, -0.1) is 5.10 Å². The topological polar surface area (TPSA) is 63.8 Å². The van der Waals surface area contributed by atoms with Crippen molar-refractivity contribution in [2.75, 3.05) is 11.1 Å². The number of hydrogen-bond acceptors (Lipinski definition) is 4. The zero-order valence-corrected chi connectivity index (χ0v) is 9.43. The summed E-state index contributed by atoms with van der Waals surface area (Å²) in [6.45, 7) is 0. The van der Waals surface area contributed by atoms with Gasteiger partial charge in [-0.25, -0.2) is 0 Å². The molecule has 0 fully saturated rings. The fourth-order valence-corrected chi connectivity index (χ4v) is 2.34. The van der Waals surface area contributed by atoms with E-state index < -0.39 is 0 Å².